The molecule has 1 unspecified atom stereocenters. The van der Waals surface area contributed by atoms with Crippen molar-refractivity contribution in [1.29, 1.82) is 0 Å². The predicted octanol–water partition coefficient (Wildman–Crippen LogP) is 5.60. The largest absolute Gasteiger partial charge is 0.444 e. The molecule has 0 bridgehead atoms. The molecule has 0 fully saturated rings. The minimum atomic E-state index is -4.66. The molecule has 0 aromatic heterocycles. The zero-order valence-electron chi connectivity index (χ0n) is 14.3. The van der Waals surface area contributed by atoms with Crippen molar-refractivity contribution in [3.63, 3.8) is 0 Å². The second kappa shape index (κ2) is 8.08. The van der Waals surface area contributed by atoms with Crippen LogP contribution in [0, 0.1) is 5.82 Å². The van der Waals surface area contributed by atoms with Crippen LogP contribution in [0.25, 0.3) is 0 Å². The molecule has 1 amide bonds. The molecular formula is C17H20ClF4NO2. The van der Waals surface area contributed by atoms with Gasteiger partial charge in [-0.05, 0) is 50.1 Å². The summed E-state index contributed by atoms with van der Waals surface area (Å²) in [5.74, 6) is -1.63. The molecule has 1 atom stereocenters. The maximum Gasteiger partial charge on any atom is 0.416 e. The van der Waals surface area contributed by atoms with E-state index >= 15 is 0 Å². The molecule has 0 aliphatic heterocycles. The summed E-state index contributed by atoms with van der Waals surface area (Å²) in [5, 5.41) is 2.47. The number of benzene rings is 1. The molecule has 3 nitrogen and oxygen atoms in total. The first-order valence-electron chi connectivity index (χ1n) is 7.47. The first-order valence-corrected chi connectivity index (χ1v) is 7.91. The lowest BCUT2D eigenvalue weighted by atomic mass is 9.92. The average Bonchev–Trinajstić information content (AvgIpc) is 2.44. The van der Waals surface area contributed by atoms with Crippen LogP contribution in [0.4, 0.5) is 22.4 Å². The third kappa shape index (κ3) is 6.94. The maximum absolute atomic E-state index is 13.5. The van der Waals surface area contributed by atoms with Gasteiger partial charge in [-0.1, -0.05) is 18.5 Å². The summed E-state index contributed by atoms with van der Waals surface area (Å²) in [6.45, 7) is 6.61. The topological polar surface area (TPSA) is 38.3 Å². The number of alkyl carbamates (subject to hydrolysis) is 1. The van der Waals surface area contributed by atoms with Gasteiger partial charge in [0.05, 0.1) is 5.56 Å². The molecule has 0 saturated heterocycles. The van der Waals surface area contributed by atoms with Crippen LogP contribution in [0.15, 0.2) is 29.3 Å². The molecule has 8 heteroatoms. The lowest BCUT2D eigenvalue weighted by Crippen LogP contribution is -2.34. The predicted molar refractivity (Wildman–Crippen MR) is 88.0 cm³/mol. The molecule has 0 radical (unpaired) electrons. The Kier molecular flexibility index (Phi) is 6.88. The summed E-state index contributed by atoms with van der Waals surface area (Å²) in [6, 6.07) is 2.30. The fourth-order valence-electron chi connectivity index (χ4n) is 2.01. The molecule has 1 aromatic rings. The van der Waals surface area contributed by atoms with Gasteiger partial charge in [-0.2, -0.15) is 13.2 Å². The van der Waals surface area contributed by atoms with Gasteiger partial charge in [0.25, 0.3) is 0 Å². The van der Waals surface area contributed by atoms with E-state index in [0.717, 1.165) is 17.7 Å². The van der Waals surface area contributed by atoms with Crippen LogP contribution in [0.5, 0.6) is 0 Å². The van der Waals surface area contributed by atoms with Gasteiger partial charge in [-0.3, -0.25) is 0 Å². The lowest BCUT2D eigenvalue weighted by molar-refractivity contribution is -0.137. The summed E-state index contributed by atoms with van der Waals surface area (Å²) in [4.78, 5) is 11.7. The summed E-state index contributed by atoms with van der Waals surface area (Å²) in [5.41, 5.74) is -0.106. The van der Waals surface area contributed by atoms with Crippen molar-refractivity contribution in [2.75, 3.05) is 6.54 Å². The van der Waals surface area contributed by atoms with Crippen molar-refractivity contribution in [2.45, 2.75) is 45.4 Å². The zero-order chi connectivity index (χ0) is 19.4. The van der Waals surface area contributed by atoms with Gasteiger partial charge >= 0.3 is 12.3 Å². The number of carbonyl (C=O) groups is 1. The Balaban J connectivity index is 2.91. The number of hydrogen-bond donors (Lipinski definition) is 1. The maximum atomic E-state index is 13.5. The molecule has 25 heavy (non-hydrogen) atoms. The average molecular weight is 382 g/mol. The first kappa shape index (κ1) is 21.3. The van der Waals surface area contributed by atoms with E-state index in [-0.39, 0.29) is 12.1 Å². The van der Waals surface area contributed by atoms with E-state index in [2.05, 4.69) is 5.32 Å². The van der Waals surface area contributed by atoms with E-state index in [0.29, 0.717) is 11.6 Å². The van der Waals surface area contributed by atoms with E-state index < -0.39 is 35.2 Å². The van der Waals surface area contributed by atoms with E-state index in [1.165, 1.54) is 0 Å². The molecule has 1 aromatic carbocycles. The summed E-state index contributed by atoms with van der Waals surface area (Å²) in [6.07, 6.45) is -5.35. The molecule has 0 aliphatic rings. The first-order chi connectivity index (χ1) is 11.3. The van der Waals surface area contributed by atoms with Crippen LogP contribution in [0.2, 0.25) is 0 Å². The van der Waals surface area contributed by atoms with Gasteiger partial charge < -0.3 is 10.1 Å². The molecule has 1 rings (SSSR count). The third-order valence-electron chi connectivity index (χ3n) is 3.28. The summed E-state index contributed by atoms with van der Waals surface area (Å²) in [7, 11) is 0. The van der Waals surface area contributed by atoms with Crippen molar-refractivity contribution < 1.29 is 27.1 Å². The summed E-state index contributed by atoms with van der Waals surface area (Å²) < 4.78 is 57.1. The van der Waals surface area contributed by atoms with Gasteiger partial charge in [0, 0.05) is 18.0 Å². The second-order valence-electron chi connectivity index (χ2n) is 6.53. The molecule has 0 saturated carbocycles. The van der Waals surface area contributed by atoms with Crippen molar-refractivity contribution >= 4 is 17.7 Å². The van der Waals surface area contributed by atoms with Crippen LogP contribution in [-0.2, 0) is 10.9 Å². The number of carbonyl (C=O) groups excluding carboxylic acids is 1. The van der Waals surface area contributed by atoms with Gasteiger partial charge in [-0.15, -0.1) is 0 Å². The number of amides is 1. The van der Waals surface area contributed by atoms with Gasteiger partial charge in [-0.25, -0.2) is 9.18 Å². The summed E-state index contributed by atoms with van der Waals surface area (Å²) >= 11 is 5.73. The Morgan fingerprint density at radius 3 is 2.36 bits per heavy atom. The smallest absolute Gasteiger partial charge is 0.416 e. The monoisotopic (exact) mass is 381 g/mol. The fraction of sp³-hybridized carbons (Fsp3) is 0.471. The standard InChI is InChI=1S/C17H20ClF4NO2/c1-10(11-5-13(17(20,21)22)7-14(19)6-11)12(8-18)9-23-15(24)25-16(2,3)4/h5-8,10H,9H2,1-4H3,(H,23,24)/b12-8-. The number of ether oxygens (including phenoxy) is 1. The van der Waals surface area contributed by atoms with E-state index in [4.69, 9.17) is 16.3 Å². The zero-order valence-corrected chi connectivity index (χ0v) is 15.1. The highest BCUT2D eigenvalue weighted by Gasteiger charge is 2.32. The minimum absolute atomic E-state index is 0.0442. The highest BCUT2D eigenvalue weighted by molar-refractivity contribution is 6.25. The molecule has 140 valence electrons. The van der Waals surface area contributed by atoms with Crippen molar-refractivity contribution in [3.8, 4) is 0 Å². The highest BCUT2D eigenvalue weighted by Crippen LogP contribution is 2.33. The van der Waals surface area contributed by atoms with Gasteiger partial charge in [0.15, 0.2) is 0 Å². The fourth-order valence-corrected chi connectivity index (χ4v) is 2.28. The highest BCUT2D eigenvalue weighted by atomic mass is 35.5. The third-order valence-corrected chi connectivity index (χ3v) is 3.56. The molecular weight excluding hydrogens is 362 g/mol. The Morgan fingerprint density at radius 2 is 1.88 bits per heavy atom. The number of alkyl halides is 3. The molecule has 0 aliphatic carbocycles. The van der Waals surface area contributed by atoms with Crippen LogP contribution in [-0.4, -0.2) is 18.2 Å². The van der Waals surface area contributed by atoms with Crippen LogP contribution < -0.4 is 5.32 Å². The van der Waals surface area contributed by atoms with E-state index in [1.54, 1.807) is 27.7 Å². The van der Waals surface area contributed by atoms with Crippen LogP contribution in [0.1, 0.15) is 44.7 Å². The lowest BCUT2D eigenvalue weighted by Gasteiger charge is -2.21. The second-order valence-corrected chi connectivity index (χ2v) is 6.75. The van der Waals surface area contributed by atoms with Crippen molar-refractivity contribution in [3.05, 3.63) is 46.3 Å². The number of rotatable bonds is 4. The van der Waals surface area contributed by atoms with Gasteiger partial charge in [0.2, 0.25) is 0 Å². The number of nitrogens with one attached hydrogen (secondary N) is 1. The Morgan fingerprint density at radius 1 is 1.28 bits per heavy atom. The SMILES string of the molecule is CC(/C(=C\Cl)CNC(=O)OC(C)(C)C)c1cc(F)cc(C(F)(F)F)c1. The van der Waals surface area contributed by atoms with E-state index in [1.807, 2.05) is 0 Å². The molecule has 0 heterocycles. The van der Waals surface area contributed by atoms with Gasteiger partial charge in [0.1, 0.15) is 11.4 Å². The Labute approximate surface area is 149 Å². The quantitative estimate of drug-likeness (QED) is 0.690. The van der Waals surface area contributed by atoms with Crippen LogP contribution >= 0.6 is 11.6 Å². The number of halogens is 5. The number of hydrogen-bond acceptors (Lipinski definition) is 2. The molecule has 1 N–H and O–H groups in total. The van der Waals surface area contributed by atoms with Crippen molar-refractivity contribution in [2.24, 2.45) is 0 Å². The Bertz CT molecular complexity index is 651. The van der Waals surface area contributed by atoms with Crippen LogP contribution in [0.3, 0.4) is 0 Å². The normalized spacial score (nSPS) is 14.2. The Hall–Kier alpha value is -1.76. The van der Waals surface area contributed by atoms with E-state index in [9.17, 15) is 22.4 Å². The molecule has 0 spiro atoms. The van der Waals surface area contributed by atoms with Crippen molar-refractivity contribution in [1.82, 2.24) is 5.32 Å². The minimum Gasteiger partial charge on any atom is -0.444 e.